The minimum atomic E-state index is -0.731. The van der Waals surface area contributed by atoms with Gasteiger partial charge in [-0.15, -0.1) is 0 Å². The number of hydrogen-bond donors (Lipinski definition) is 0. The van der Waals surface area contributed by atoms with E-state index >= 15 is 0 Å². The average Bonchev–Trinajstić information content (AvgIpc) is 2.86. The largest absolute Gasteiger partial charge is 0.441 e. The topological polar surface area (TPSA) is 54.0 Å². The first-order valence-electron chi connectivity index (χ1n) is 12.9. The maximum absolute atomic E-state index is 12.2. The van der Waals surface area contributed by atoms with E-state index in [0.29, 0.717) is 18.6 Å². The number of benzene rings is 2. The van der Waals surface area contributed by atoms with Crippen molar-refractivity contribution in [1.29, 1.82) is 0 Å². The summed E-state index contributed by atoms with van der Waals surface area (Å²) >= 11 is 0. The van der Waals surface area contributed by atoms with Crippen LogP contribution in [0.1, 0.15) is 66.9 Å². The quantitative estimate of drug-likeness (QED) is 0.225. The van der Waals surface area contributed by atoms with E-state index in [-0.39, 0.29) is 11.4 Å². The normalized spacial score (nSPS) is 27.8. The third kappa shape index (κ3) is 5.31. The van der Waals surface area contributed by atoms with Crippen molar-refractivity contribution in [3.05, 3.63) is 77.6 Å². The Morgan fingerprint density at radius 3 is 2.34 bits per heavy atom. The van der Waals surface area contributed by atoms with E-state index in [1.54, 1.807) is 19.2 Å². The molecule has 5 heteroatoms. The Morgan fingerprint density at radius 2 is 1.71 bits per heavy atom. The number of methoxy groups -OCH3 is 1. The third-order valence-corrected chi connectivity index (χ3v) is 8.01. The van der Waals surface area contributed by atoms with Crippen LogP contribution in [0.2, 0.25) is 0 Å². The van der Waals surface area contributed by atoms with Gasteiger partial charge in [0.05, 0.1) is 18.4 Å². The molecular formula is C30H36O5. The summed E-state index contributed by atoms with van der Waals surface area (Å²) in [6, 6.07) is 15.6. The van der Waals surface area contributed by atoms with Crippen molar-refractivity contribution in [2.24, 2.45) is 17.8 Å². The standard InChI is InChI=1S/C30H36O5/c1-3-33-29(32-2)35-27-17-21(8-7-13-34-28(31)25-9-5-4-6-10-25)11-12-26(27)30-18-22-14-23(19-30)16-24(15-22)20-30/h4-7,9-13,17,22-24,29H,3,8,14-16,18-20H2,1-2H3. The maximum Gasteiger partial charge on any atom is 0.342 e. The molecule has 2 aromatic carbocycles. The number of carbonyl (C=O) groups excluding carboxylic acids is 1. The Hall–Kier alpha value is -2.63. The molecular weight excluding hydrogens is 440 g/mol. The lowest BCUT2D eigenvalue weighted by molar-refractivity contribution is -0.231. The molecule has 0 spiro atoms. The van der Waals surface area contributed by atoms with Gasteiger partial charge in [0.1, 0.15) is 5.75 Å². The molecule has 2 aromatic rings. The molecule has 4 aliphatic rings. The van der Waals surface area contributed by atoms with Gasteiger partial charge in [0.25, 0.3) is 0 Å². The molecule has 4 fully saturated rings. The van der Waals surface area contributed by atoms with E-state index in [0.717, 1.165) is 29.1 Å². The molecule has 0 radical (unpaired) electrons. The van der Waals surface area contributed by atoms with Crippen LogP contribution >= 0.6 is 0 Å². The highest BCUT2D eigenvalue weighted by atomic mass is 16.8. The van der Waals surface area contributed by atoms with Gasteiger partial charge >= 0.3 is 12.4 Å². The molecule has 0 heterocycles. The second-order valence-electron chi connectivity index (χ2n) is 10.5. The molecule has 0 aliphatic heterocycles. The van der Waals surface area contributed by atoms with Gasteiger partial charge in [-0.25, -0.2) is 4.79 Å². The third-order valence-electron chi connectivity index (χ3n) is 8.01. The molecule has 1 unspecified atom stereocenters. The molecule has 5 nitrogen and oxygen atoms in total. The first-order chi connectivity index (χ1) is 17.1. The summed E-state index contributed by atoms with van der Waals surface area (Å²) in [5.41, 5.74) is 3.14. The zero-order valence-corrected chi connectivity index (χ0v) is 20.8. The second-order valence-corrected chi connectivity index (χ2v) is 10.5. The number of hydrogen-bond acceptors (Lipinski definition) is 5. The van der Waals surface area contributed by atoms with Crippen LogP contribution in [0.4, 0.5) is 0 Å². The lowest BCUT2D eigenvalue weighted by Gasteiger charge is -2.57. The molecule has 4 saturated carbocycles. The van der Waals surface area contributed by atoms with Crippen molar-refractivity contribution in [2.75, 3.05) is 13.7 Å². The SMILES string of the molecule is CCOC(OC)Oc1cc(CC=COC(=O)c2ccccc2)ccc1C12CC3CC(CC(C3)C1)C2. The average molecular weight is 477 g/mol. The summed E-state index contributed by atoms with van der Waals surface area (Å²) < 4.78 is 22.7. The van der Waals surface area contributed by atoms with Crippen LogP contribution < -0.4 is 4.74 Å². The van der Waals surface area contributed by atoms with Crippen LogP contribution in [0, 0.1) is 17.8 Å². The highest BCUT2D eigenvalue weighted by Gasteiger charge is 2.52. The van der Waals surface area contributed by atoms with Crippen LogP contribution in [-0.4, -0.2) is 26.2 Å². The highest BCUT2D eigenvalue weighted by Crippen LogP contribution is 2.62. The Balaban J connectivity index is 1.34. The van der Waals surface area contributed by atoms with Crippen molar-refractivity contribution >= 4 is 5.97 Å². The van der Waals surface area contributed by atoms with Crippen LogP contribution in [0.5, 0.6) is 5.75 Å². The van der Waals surface area contributed by atoms with E-state index in [9.17, 15) is 4.79 Å². The fraction of sp³-hybridized carbons (Fsp3) is 0.500. The van der Waals surface area contributed by atoms with E-state index in [4.69, 9.17) is 18.9 Å². The molecule has 35 heavy (non-hydrogen) atoms. The van der Waals surface area contributed by atoms with Crippen LogP contribution in [0.25, 0.3) is 0 Å². The van der Waals surface area contributed by atoms with Crippen LogP contribution in [-0.2, 0) is 26.0 Å². The van der Waals surface area contributed by atoms with Crippen LogP contribution in [0.3, 0.4) is 0 Å². The predicted molar refractivity (Wildman–Crippen MR) is 134 cm³/mol. The summed E-state index contributed by atoms with van der Waals surface area (Å²) in [7, 11) is 1.61. The zero-order chi connectivity index (χ0) is 24.3. The maximum atomic E-state index is 12.2. The van der Waals surface area contributed by atoms with Crippen molar-refractivity contribution in [2.45, 2.75) is 63.8 Å². The van der Waals surface area contributed by atoms with Gasteiger partial charge in [0, 0.05) is 12.7 Å². The summed E-state index contributed by atoms with van der Waals surface area (Å²) in [4.78, 5) is 12.2. The van der Waals surface area contributed by atoms with Gasteiger partial charge in [0.2, 0.25) is 0 Å². The summed E-state index contributed by atoms with van der Waals surface area (Å²) in [5, 5.41) is 0. The molecule has 0 N–H and O–H groups in total. The molecule has 6 rings (SSSR count). The van der Waals surface area contributed by atoms with Crippen molar-refractivity contribution < 1.29 is 23.7 Å². The van der Waals surface area contributed by atoms with Gasteiger partial charge in [-0.3, -0.25) is 0 Å². The van der Waals surface area contributed by atoms with Gasteiger partial charge in [-0.2, -0.15) is 0 Å². The number of ether oxygens (including phenoxy) is 4. The smallest absolute Gasteiger partial charge is 0.342 e. The van der Waals surface area contributed by atoms with Gasteiger partial charge in [-0.05, 0) is 105 Å². The summed E-state index contributed by atoms with van der Waals surface area (Å²) in [6.45, 7) is 1.72. The molecule has 0 saturated heterocycles. The van der Waals surface area contributed by atoms with E-state index in [1.807, 2.05) is 31.2 Å². The Morgan fingerprint density at radius 1 is 1.03 bits per heavy atom. The molecule has 4 aliphatic carbocycles. The van der Waals surface area contributed by atoms with Crippen molar-refractivity contribution in [3.8, 4) is 5.75 Å². The van der Waals surface area contributed by atoms with E-state index in [2.05, 4.69) is 18.2 Å². The molecule has 186 valence electrons. The zero-order valence-electron chi connectivity index (χ0n) is 20.8. The lowest BCUT2D eigenvalue weighted by atomic mass is 9.48. The minimum absolute atomic E-state index is 0.203. The fourth-order valence-electron chi connectivity index (χ4n) is 7.00. The lowest BCUT2D eigenvalue weighted by Crippen LogP contribution is -2.48. The van der Waals surface area contributed by atoms with E-state index in [1.165, 1.54) is 50.4 Å². The second kappa shape index (κ2) is 10.5. The first kappa shape index (κ1) is 24.1. The molecule has 4 bridgehead atoms. The molecule has 1 atom stereocenters. The number of allylic oxidation sites excluding steroid dienone is 1. The highest BCUT2D eigenvalue weighted by molar-refractivity contribution is 5.89. The Kier molecular flexibility index (Phi) is 7.26. The Labute approximate surface area is 208 Å². The number of carbonyl (C=O) groups is 1. The number of rotatable bonds is 10. The fourth-order valence-corrected chi connectivity index (χ4v) is 7.00. The predicted octanol–water partition coefficient (Wildman–Crippen LogP) is 6.41. The minimum Gasteiger partial charge on any atom is -0.441 e. The summed E-state index contributed by atoms with van der Waals surface area (Å²) in [6.07, 6.45) is 12.0. The van der Waals surface area contributed by atoms with Crippen molar-refractivity contribution in [3.63, 3.8) is 0 Å². The number of esters is 1. The van der Waals surface area contributed by atoms with E-state index < -0.39 is 6.48 Å². The monoisotopic (exact) mass is 476 g/mol. The Bertz CT molecular complexity index is 1010. The van der Waals surface area contributed by atoms with Gasteiger partial charge in [0.15, 0.2) is 0 Å². The molecule has 0 aromatic heterocycles. The summed E-state index contributed by atoms with van der Waals surface area (Å²) in [5.74, 6) is 3.05. The van der Waals surface area contributed by atoms with Crippen LogP contribution in [0.15, 0.2) is 60.9 Å². The first-order valence-corrected chi connectivity index (χ1v) is 12.9. The molecule has 0 amide bonds. The van der Waals surface area contributed by atoms with Crippen molar-refractivity contribution in [1.82, 2.24) is 0 Å². The van der Waals surface area contributed by atoms with Gasteiger partial charge in [-0.1, -0.05) is 30.3 Å². The van der Waals surface area contributed by atoms with Gasteiger partial charge < -0.3 is 18.9 Å².